The Morgan fingerprint density at radius 2 is 1.93 bits per heavy atom. The normalized spacial score (nSPS) is 12.0. The molecule has 1 unspecified atom stereocenters. The van der Waals surface area contributed by atoms with E-state index in [4.69, 9.17) is 0 Å². The number of carbonyl (C=O) groups is 1. The van der Waals surface area contributed by atoms with Crippen LogP contribution in [0.4, 0.5) is 8.78 Å². The Balaban J connectivity index is 1.54. The van der Waals surface area contributed by atoms with E-state index in [1.807, 2.05) is 6.92 Å². The van der Waals surface area contributed by atoms with Crippen molar-refractivity contribution in [2.24, 2.45) is 0 Å². The van der Waals surface area contributed by atoms with Crippen LogP contribution < -0.4 is 5.32 Å². The highest BCUT2D eigenvalue weighted by Gasteiger charge is 2.20. The van der Waals surface area contributed by atoms with Crippen LogP contribution in [0.2, 0.25) is 0 Å². The molecule has 152 valence electrons. The molecule has 2 heterocycles. The van der Waals surface area contributed by atoms with Gasteiger partial charge in [0.15, 0.2) is 0 Å². The number of amides is 1. The molecular formula is C22H19F2N5O. The number of aromatic amines is 1. The fraction of sp³-hybridized carbons (Fsp3) is 0.136. The molecule has 0 bridgehead atoms. The minimum atomic E-state index is -0.483. The predicted molar refractivity (Wildman–Crippen MR) is 108 cm³/mol. The maximum Gasteiger partial charge on any atom is 0.255 e. The zero-order chi connectivity index (χ0) is 21.3. The summed E-state index contributed by atoms with van der Waals surface area (Å²) in [6.07, 6.45) is 4.72. The van der Waals surface area contributed by atoms with Crippen molar-refractivity contribution in [3.63, 3.8) is 0 Å². The lowest BCUT2D eigenvalue weighted by molar-refractivity contribution is 0.0940. The van der Waals surface area contributed by atoms with Crippen molar-refractivity contribution < 1.29 is 13.6 Å². The van der Waals surface area contributed by atoms with Crippen LogP contribution in [0.1, 0.15) is 34.5 Å². The fourth-order valence-corrected chi connectivity index (χ4v) is 3.21. The summed E-state index contributed by atoms with van der Waals surface area (Å²) in [5.41, 5.74) is 2.57. The average Bonchev–Trinajstić information content (AvgIpc) is 3.37. The van der Waals surface area contributed by atoms with E-state index in [1.54, 1.807) is 49.6 Å². The molecule has 0 fully saturated rings. The molecule has 4 aromatic rings. The smallest absolute Gasteiger partial charge is 0.255 e. The molecular weight excluding hydrogens is 388 g/mol. The number of hydrogen-bond donors (Lipinski definition) is 2. The quantitative estimate of drug-likeness (QED) is 0.517. The summed E-state index contributed by atoms with van der Waals surface area (Å²) in [5.74, 6) is -1.36. The summed E-state index contributed by atoms with van der Waals surface area (Å²) in [4.78, 5) is 12.8. The lowest BCUT2D eigenvalue weighted by Gasteiger charge is -2.15. The summed E-state index contributed by atoms with van der Waals surface area (Å²) in [6.45, 7) is 3.62. The van der Waals surface area contributed by atoms with Gasteiger partial charge in [-0.05, 0) is 49.2 Å². The molecule has 8 heteroatoms. The number of carbonyl (C=O) groups excluding carboxylic acids is 1. The second kappa shape index (κ2) is 7.90. The van der Waals surface area contributed by atoms with Gasteiger partial charge in [-0.2, -0.15) is 10.2 Å². The monoisotopic (exact) mass is 407 g/mol. The minimum Gasteiger partial charge on any atom is -0.345 e. The molecule has 0 aliphatic heterocycles. The van der Waals surface area contributed by atoms with E-state index in [9.17, 15) is 13.6 Å². The molecule has 6 nitrogen and oxygen atoms in total. The lowest BCUT2D eigenvalue weighted by Crippen LogP contribution is -2.27. The molecule has 0 radical (unpaired) electrons. The maximum absolute atomic E-state index is 14.6. The molecule has 4 rings (SSSR count). The van der Waals surface area contributed by atoms with Crippen molar-refractivity contribution in [1.29, 1.82) is 0 Å². The second-order valence-corrected chi connectivity index (χ2v) is 7.01. The Hall–Kier alpha value is -3.81. The summed E-state index contributed by atoms with van der Waals surface area (Å²) >= 11 is 0. The van der Waals surface area contributed by atoms with Crippen LogP contribution in [0.15, 0.2) is 61.1 Å². The van der Waals surface area contributed by atoms with Crippen LogP contribution in [0.3, 0.4) is 0 Å². The van der Waals surface area contributed by atoms with Gasteiger partial charge in [0.1, 0.15) is 17.3 Å². The van der Waals surface area contributed by atoms with E-state index in [0.717, 1.165) is 5.56 Å². The van der Waals surface area contributed by atoms with Crippen molar-refractivity contribution in [2.75, 3.05) is 0 Å². The molecule has 0 saturated carbocycles. The molecule has 30 heavy (non-hydrogen) atoms. The van der Waals surface area contributed by atoms with Crippen molar-refractivity contribution in [3.8, 4) is 16.9 Å². The van der Waals surface area contributed by atoms with Gasteiger partial charge in [0.05, 0.1) is 29.7 Å². The summed E-state index contributed by atoms with van der Waals surface area (Å²) in [6, 6.07) is 10.3. The number of H-pyrrole nitrogens is 1. The zero-order valence-corrected chi connectivity index (χ0v) is 16.4. The van der Waals surface area contributed by atoms with E-state index in [1.165, 1.54) is 23.0 Å². The first-order chi connectivity index (χ1) is 14.4. The molecule has 1 amide bonds. The van der Waals surface area contributed by atoms with Crippen LogP contribution in [-0.2, 0) is 0 Å². The van der Waals surface area contributed by atoms with Crippen molar-refractivity contribution in [2.45, 2.75) is 19.9 Å². The third-order valence-corrected chi connectivity index (χ3v) is 4.81. The second-order valence-electron chi connectivity index (χ2n) is 7.01. The van der Waals surface area contributed by atoms with E-state index >= 15 is 0 Å². The first kappa shape index (κ1) is 19.5. The molecule has 0 spiro atoms. The Bertz CT molecular complexity index is 1210. The summed E-state index contributed by atoms with van der Waals surface area (Å²) < 4.78 is 30.2. The van der Waals surface area contributed by atoms with Gasteiger partial charge in [0, 0.05) is 11.8 Å². The molecule has 0 saturated heterocycles. The Labute approximate surface area is 171 Å². The minimum absolute atomic E-state index is 0.205. The number of halogens is 2. The third-order valence-electron chi connectivity index (χ3n) is 4.81. The van der Waals surface area contributed by atoms with Gasteiger partial charge >= 0.3 is 0 Å². The van der Waals surface area contributed by atoms with E-state index in [2.05, 4.69) is 20.6 Å². The highest BCUT2D eigenvalue weighted by Crippen LogP contribution is 2.25. The van der Waals surface area contributed by atoms with Crippen molar-refractivity contribution in [3.05, 3.63) is 89.4 Å². The lowest BCUT2D eigenvalue weighted by atomic mass is 10.0. The van der Waals surface area contributed by atoms with Gasteiger partial charge in [-0.25, -0.2) is 13.5 Å². The Morgan fingerprint density at radius 3 is 2.63 bits per heavy atom. The molecule has 2 N–H and O–H groups in total. The van der Waals surface area contributed by atoms with Crippen LogP contribution in [0.5, 0.6) is 0 Å². The van der Waals surface area contributed by atoms with E-state index in [0.29, 0.717) is 11.3 Å². The van der Waals surface area contributed by atoms with Gasteiger partial charge in [-0.1, -0.05) is 18.2 Å². The van der Waals surface area contributed by atoms with Crippen molar-refractivity contribution in [1.82, 2.24) is 25.3 Å². The molecule has 2 aromatic heterocycles. The summed E-state index contributed by atoms with van der Waals surface area (Å²) in [5, 5.41) is 13.5. The number of aryl methyl sites for hydroxylation is 1. The largest absolute Gasteiger partial charge is 0.345 e. The highest BCUT2D eigenvalue weighted by molar-refractivity contribution is 6.00. The zero-order valence-electron chi connectivity index (χ0n) is 16.4. The van der Waals surface area contributed by atoms with Gasteiger partial charge in [0.2, 0.25) is 0 Å². The number of aromatic nitrogens is 4. The van der Waals surface area contributed by atoms with Gasteiger partial charge in [-0.15, -0.1) is 0 Å². The van der Waals surface area contributed by atoms with Gasteiger partial charge < -0.3 is 5.32 Å². The number of nitrogens with zero attached hydrogens (tertiary/aromatic N) is 3. The van der Waals surface area contributed by atoms with Crippen LogP contribution >= 0.6 is 0 Å². The fourth-order valence-electron chi connectivity index (χ4n) is 3.21. The SMILES string of the molecule is Cc1cnn(-c2ccc(C(C)NC(=O)c3cn[nH]c3-c3ccccc3F)cc2F)c1. The van der Waals surface area contributed by atoms with Gasteiger partial charge in [0.25, 0.3) is 5.91 Å². The Morgan fingerprint density at radius 1 is 1.13 bits per heavy atom. The van der Waals surface area contributed by atoms with Crippen LogP contribution in [0.25, 0.3) is 16.9 Å². The molecule has 0 aliphatic carbocycles. The average molecular weight is 407 g/mol. The van der Waals surface area contributed by atoms with Gasteiger partial charge in [-0.3, -0.25) is 9.89 Å². The van der Waals surface area contributed by atoms with E-state index < -0.39 is 23.6 Å². The number of benzene rings is 2. The molecule has 2 aromatic carbocycles. The number of hydrogen-bond acceptors (Lipinski definition) is 3. The predicted octanol–water partition coefficient (Wildman–Crippen LogP) is 4.34. The standard InChI is InChI=1S/C22H19F2N5O/c1-13-10-26-29(12-13)20-8-7-15(9-19(20)24)14(2)27-22(30)17-11-25-28-21(17)16-5-3-4-6-18(16)23/h3-12,14H,1-2H3,(H,25,28)(H,27,30). The van der Waals surface area contributed by atoms with Crippen LogP contribution in [0, 0.1) is 18.6 Å². The Kier molecular flexibility index (Phi) is 5.14. The first-order valence-electron chi connectivity index (χ1n) is 9.34. The van der Waals surface area contributed by atoms with Crippen LogP contribution in [-0.4, -0.2) is 25.9 Å². The topological polar surface area (TPSA) is 75.6 Å². The maximum atomic E-state index is 14.6. The third kappa shape index (κ3) is 3.71. The van der Waals surface area contributed by atoms with Crippen molar-refractivity contribution >= 4 is 5.91 Å². The number of nitrogens with one attached hydrogen (secondary N) is 2. The molecule has 1 atom stereocenters. The number of rotatable bonds is 5. The first-order valence-corrected chi connectivity index (χ1v) is 9.34. The highest BCUT2D eigenvalue weighted by atomic mass is 19.1. The van der Waals surface area contributed by atoms with E-state index in [-0.39, 0.29) is 16.8 Å². The summed E-state index contributed by atoms with van der Waals surface area (Å²) in [7, 11) is 0. The molecule has 0 aliphatic rings.